The molecule has 0 radical (unpaired) electrons. The van der Waals surface area contributed by atoms with Gasteiger partial charge in [-0.05, 0) is 24.1 Å². The van der Waals surface area contributed by atoms with Gasteiger partial charge in [0.1, 0.15) is 12.4 Å². The van der Waals surface area contributed by atoms with E-state index in [4.69, 9.17) is 4.74 Å². The van der Waals surface area contributed by atoms with E-state index in [9.17, 15) is 9.59 Å². The highest BCUT2D eigenvalue weighted by Gasteiger charge is 2.31. The van der Waals surface area contributed by atoms with Gasteiger partial charge in [0.25, 0.3) is 0 Å². The lowest BCUT2D eigenvalue weighted by molar-refractivity contribution is -0.117. The summed E-state index contributed by atoms with van der Waals surface area (Å²) in [5.74, 6) is 1.83. The van der Waals surface area contributed by atoms with Crippen molar-refractivity contribution >= 4 is 28.5 Å². The van der Waals surface area contributed by atoms with Crippen LogP contribution in [-0.4, -0.2) is 23.3 Å². The number of hydrogen-bond acceptors (Lipinski definition) is 4. The Balaban J connectivity index is 1.70. The molecule has 0 bridgehead atoms. The summed E-state index contributed by atoms with van der Waals surface area (Å²) < 4.78 is 5.85. The van der Waals surface area contributed by atoms with Crippen LogP contribution in [0.25, 0.3) is 0 Å². The molecule has 1 aliphatic rings. The second kappa shape index (κ2) is 8.21. The molecule has 1 heterocycles. The standard InChI is InChI=1S/C20H21NO3S/c1-15(22)25-14-16-11-20(23)21(12-16)19-10-6-5-7-17(19)13-24-18-8-3-2-4-9-18/h2-10,16H,11-14H2,1H3. The van der Waals surface area contributed by atoms with Crippen molar-refractivity contribution in [1.82, 2.24) is 0 Å². The quantitative estimate of drug-likeness (QED) is 0.788. The molecule has 0 aromatic heterocycles. The topological polar surface area (TPSA) is 46.6 Å². The Kier molecular flexibility index (Phi) is 5.76. The molecular formula is C20H21NO3S. The summed E-state index contributed by atoms with van der Waals surface area (Å²) in [4.78, 5) is 25.4. The van der Waals surface area contributed by atoms with Crippen LogP contribution in [0.15, 0.2) is 54.6 Å². The van der Waals surface area contributed by atoms with Crippen LogP contribution in [0.3, 0.4) is 0 Å². The van der Waals surface area contributed by atoms with Gasteiger partial charge < -0.3 is 9.64 Å². The van der Waals surface area contributed by atoms with Crippen LogP contribution in [0.4, 0.5) is 5.69 Å². The van der Waals surface area contributed by atoms with Crippen molar-refractivity contribution in [3.8, 4) is 5.75 Å². The molecule has 2 aromatic rings. The summed E-state index contributed by atoms with van der Waals surface area (Å²) in [5, 5.41) is 0.0996. The Bertz CT molecular complexity index is 748. The van der Waals surface area contributed by atoms with Gasteiger partial charge in [-0.25, -0.2) is 0 Å². The van der Waals surface area contributed by atoms with Gasteiger partial charge in [0.2, 0.25) is 5.91 Å². The predicted molar refractivity (Wildman–Crippen MR) is 101 cm³/mol. The fourth-order valence-corrected chi connectivity index (χ4v) is 3.63. The Morgan fingerprint density at radius 3 is 2.64 bits per heavy atom. The lowest BCUT2D eigenvalue weighted by atomic mass is 10.1. The molecule has 5 heteroatoms. The molecule has 0 saturated carbocycles. The summed E-state index contributed by atoms with van der Waals surface area (Å²) in [5.41, 5.74) is 1.89. The maximum atomic E-state index is 12.4. The van der Waals surface area contributed by atoms with Crippen molar-refractivity contribution in [2.45, 2.75) is 20.0 Å². The summed E-state index contributed by atoms with van der Waals surface area (Å²) in [6, 6.07) is 17.5. The molecule has 1 fully saturated rings. The van der Waals surface area contributed by atoms with Crippen molar-refractivity contribution in [3.05, 3.63) is 60.2 Å². The van der Waals surface area contributed by atoms with Crippen LogP contribution in [0.1, 0.15) is 18.9 Å². The Hall–Kier alpha value is -2.27. The van der Waals surface area contributed by atoms with Crippen molar-refractivity contribution in [3.63, 3.8) is 0 Å². The molecule has 2 aromatic carbocycles. The number of thioether (sulfide) groups is 1. The first kappa shape index (κ1) is 17.5. The molecule has 1 unspecified atom stereocenters. The first-order valence-corrected chi connectivity index (χ1v) is 9.31. The number of carbonyl (C=O) groups is 2. The molecule has 25 heavy (non-hydrogen) atoms. The highest BCUT2D eigenvalue weighted by Crippen LogP contribution is 2.30. The number of para-hydroxylation sites is 2. The first-order valence-electron chi connectivity index (χ1n) is 8.33. The summed E-state index contributed by atoms with van der Waals surface area (Å²) >= 11 is 1.30. The van der Waals surface area contributed by atoms with Gasteiger partial charge >= 0.3 is 0 Å². The van der Waals surface area contributed by atoms with E-state index >= 15 is 0 Å². The summed E-state index contributed by atoms with van der Waals surface area (Å²) in [6.45, 7) is 2.63. The number of anilines is 1. The minimum atomic E-state index is 0.0996. The number of ether oxygens (including phenoxy) is 1. The van der Waals surface area contributed by atoms with Crippen molar-refractivity contribution in [2.24, 2.45) is 5.92 Å². The van der Waals surface area contributed by atoms with Crippen molar-refractivity contribution in [2.75, 3.05) is 17.2 Å². The zero-order valence-corrected chi connectivity index (χ0v) is 15.0. The number of carbonyl (C=O) groups excluding carboxylic acids is 2. The number of nitrogens with zero attached hydrogens (tertiary/aromatic N) is 1. The number of hydrogen-bond donors (Lipinski definition) is 0. The van der Waals surface area contributed by atoms with E-state index in [1.807, 2.05) is 59.5 Å². The van der Waals surface area contributed by atoms with Gasteiger partial charge in [-0.1, -0.05) is 48.2 Å². The maximum Gasteiger partial charge on any atom is 0.227 e. The second-order valence-electron chi connectivity index (χ2n) is 6.11. The van der Waals surface area contributed by atoms with Gasteiger partial charge in [0.15, 0.2) is 5.12 Å². The minimum Gasteiger partial charge on any atom is -0.489 e. The number of rotatable bonds is 6. The molecule has 1 saturated heterocycles. The highest BCUT2D eigenvalue weighted by atomic mass is 32.2. The fraction of sp³-hybridized carbons (Fsp3) is 0.300. The Morgan fingerprint density at radius 2 is 1.88 bits per heavy atom. The number of amides is 1. The van der Waals surface area contributed by atoms with Crippen molar-refractivity contribution in [1.29, 1.82) is 0 Å². The van der Waals surface area contributed by atoms with Gasteiger partial charge in [-0.15, -0.1) is 0 Å². The number of benzene rings is 2. The smallest absolute Gasteiger partial charge is 0.227 e. The lowest BCUT2D eigenvalue weighted by Crippen LogP contribution is -2.26. The molecule has 0 aliphatic carbocycles. The second-order valence-corrected chi connectivity index (χ2v) is 7.30. The maximum absolute atomic E-state index is 12.4. The van der Waals surface area contributed by atoms with E-state index in [0.717, 1.165) is 17.0 Å². The predicted octanol–water partition coefficient (Wildman–Crippen LogP) is 3.90. The largest absolute Gasteiger partial charge is 0.489 e. The molecule has 4 nitrogen and oxygen atoms in total. The van der Waals surface area contributed by atoms with E-state index in [1.54, 1.807) is 6.92 Å². The van der Waals surface area contributed by atoms with E-state index in [1.165, 1.54) is 11.8 Å². The molecule has 1 atom stereocenters. The van der Waals surface area contributed by atoms with Crippen molar-refractivity contribution < 1.29 is 14.3 Å². The Labute approximate surface area is 152 Å². The average Bonchev–Trinajstić information content (AvgIpc) is 3.00. The molecule has 3 rings (SSSR count). The highest BCUT2D eigenvalue weighted by molar-refractivity contribution is 8.13. The third-order valence-electron chi connectivity index (χ3n) is 4.15. The van der Waals surface area contributed by atoms with Crippen LogP contribution >= 0.6 is 11.8 Å². The molecule has 0 N–H and O–H groups in total. The molecular weight excluding hydrogens is 334 g/mol. The molecule has 1 aliphatic heterocycles. The van der Waals surface area contributed by atoms with Crippen LogP contribution in [-0.2, 0) is 16.2 Å². The molecule has 130 valence electrons. The molecule has 0 spiro atoms. The minimum absolute atomic E-state index is 0.0996. The van der Waals surface area contributed by atoms with Gasteiger partial charge in [-0.2, -0.15) is 0 Å². The zero-order chi connectivity index (χ0) is 17.6. The van der Waals surface area contributed by atoms with Gasteiger partial charge in [-0.3, -0.25) is 9.59 Å². The fourth-order valence-electron chi connectivity index (χ4n) is 2.94. The van der Waals surface area contributed by atoms with Crippen LogP contribution in [0, 0.1) is 5.92 Å². The Morgan fingerprint density at radius 1 is 1.16 bits per heavy atom. The van der Waals surface area contributed by atoms with Gasteiger partial charge in [0.05, 0.1) is 5.69 Å². The monoisotopic (exact) mass is 355 g/mol. The van der Waals surface area contributed by atoms with Crippen LogP contribution in [0.5, 0.6) is 5.75 Å². The van der Waals surface area contributed by atoms with Crippen LogP contribution < -0.4 is 9.64 Å². The van der Waals surface area contributed by atoms with E-state index in [0.29, 0.717) is 25.3 Å². The van der Waals surface area contributed by atoms with Gasteiger partial charge in [0, 0.05) is 31.2 Å². The first-order chi connectivity index (χ1) is 12.1. The summed E-state index contributed by atoms with van der Waals surface area (Å²) in [6.07, 6.45) is 0.494. The average molecular weight is 355 g/mol. The lowest BCUT2D eigenvalue weighted by Gasteiger charge is -2.20. The van der Waals surface area contributed by atoms with E-state index in [2.05, 4.69) is 0 Å². The summed E-state index contributed by atoms with van der Waals surface area (Å²) in [7, 11) is 0. The third-order valence-corrected chi connectivity index (χ3v) is 5.19. The zero-order valence-electron chi connectivity index (χ0n) is 14.2. The van der Waals surface area contributed by atoms with E-state index in [-0.39, 0.29) is 16.9 Å². The van der Waals surface area contributed by atoms with E-state index < -0.39 is 0 Å². The van der Waals surface area contributed by atoms with Crippen LogP contribution in [0.2, 0.25) is 0 Å². The molecule has 1 amide bonds. The normalized spacial score (nSPS) is 16.9. The SMILES string of the molecule is CC(=O)SCC1CC(=O)N(c2ccccc2COc2ccccc2)C1. The third kappa shape index (κ3) is 4.63.